The van der Waals surface area contributed by atoms with Gasteiger partial charge >= 0.3 is 0 Å². The van der Waals surface area contributed by atoms with Gasteiger partial charge in [-0.15, -0.1) is 0 Å². The molecule has 1 aromatic heterocycles. The Hall–Kier alpha value is -2.62. The molecule has 0 radical (unpaired) electrons. The van der Waals surface area contributed by atoms with E-state index in [9.17, 15) is 17.6 Å². The number of pyridine rings is 1. The normalized spacial score (nSPS) is 10.1. The molecule has 0 fully saturated rings. The van der Waals surface area contributed by atoms with Gasteiger partial charge in [-0.05, 0) is 12.1 Å². The lowest BCUT2D eigenvalue weighted by Gasteiger charge is -2.09. The topological polar surface area (TPSA) is 48.7 Å². The Balaban J connectivity index is 2.46. The molecule has 7 heteroatoms. The minimum Gasteiger partial charge on any atom is -0.335 e. The summed E-state index contributed by atoms with van der Waals surface area (Å²) in [6.07, 6.45) is 0. The molecule has 0 saturated heterocycles. The average molecular weight is 267 g/mol. The molecule has 0 aliphatic heterocycles. The zero-order valence-electron chi connectivity index (χ0n) is 9.22. The molecule has 0 aliphatic carbocycles. The number of halogens is 4. The number of rotatable bonds is 2. The fourth-order valence-corrected chi connectivity index (χ4v) is 1.38. The first-order valence-corrected chi connectivity index (χ1v) is 5.00. The maximum Gasteiger partial charge on any atom is 0.185 e. The monoisotopic (exact) mass is 267 g/mol. The number of nitrogens with one attached hydrogen (secondary N) is 1. The molecule has 2 aromatic rings. The number of aromatic nitrogens is 1. The third-order valence-corrected chi connectivity index (χ3v) is 2.23. The van der Waals surface area contributed by atoms with Crippen molar-refractivity contribution >= 4 is 11.5 Å². The van der Waals surface area contributed by atoms with E-state index in [-0.39, 0.29) is 17.6 Å². The Kier molecular flexibility index (Phi) is 3.33. The smallest absolute Gasteiger partial charge is 0.185 e. The van der Waals surface area contributed by atoms with Crippen molar-refractivity contribution in [3.63, 3.8) is 0 Å². The van der Waals surface area contributed by atoms with Crippen molar-refractivity contribution in [1.29, 1.82) is 5.26 Å². The van der Waals surface area contributed by atoms with Crippen LogP contribution < -0.4 is 5.32 Å². The maximum absolute atomic E-state index is 13.4. The predicted molar refractivity (Wildman–Crippen MR) is 58.5 cm³/mol. The van der Waals surface area contributed by atoms with Crippen LogP contribution in [0.2, 0.25) is 0 Å². The minimum atomic E-state index is -1.57. The van der Waals surface area contributed by atoms with Crippen LogP contribution in [0.25, 0.3) is 0 Å². The Bertz CT molecular complexity index is 653. The van der Waals surface area contributed by atoms with E-state index < -0.39 is 29.0 Å². The van der Waals surface area contributed by atoms with Crippen LogP contribution in [0.5, 0.6) is 0 Å². The molecule has 0 saturated carbocycles. The highest BCUT2D eigenvalue weighted by Crippen LogP contribution is 2.26. The van der Waals surface area contributed by atoms with Gasteiger partial charge in [0.05, 0.1) is 0 Å². The molecule has 3 nitrogen and oxygen atoms in total. The van der Waals surface area contributed by atoms with Crippen molar-refractivity contribution in [3.05, 3.63) is 53.2 Å². The fraction of sp³-hybridized carbons (Fsp3) is 0. The third-order valence-electron chi connectivity index (χ3n) is 2.23. The molecule has 0 spiro atoms. The lowest BCUT2D eigenvalue weighted by molar-refractivity contribution is 0.459. The van der Waals surface area contributed by atoms with E-state index >= 15 is 0 Å². The van der Waals surface area contributed by atoms with Crippen molar-refractivity contribution in [2.45, 2.75) is 0 Å². The summed E-state index contributed by atoms with van der Waals surface area (Å²) in [6.45, 7) is 0. The largest absolute Gasteiger partial charge is 0.335 e. The highest BCUT2D eigenvalue weighted by atomic mass is 19.2. The van der Waals surface area contributed by atoms with Crippen LogP contribution in [0.3, 0.4) is 0 Å². The summed E-state index contributed by atoms with van der Waals surface area (Å²) < 4.78 is 52.7. The summed E-state index contributed by atoms with van der Waals surface area (Å²) in [5, 5.41) is 10.7. The predicted octanol–water partition coefficient (Wildman–Crippen LogP) is 3.25. The molecule has 1 heterocycles. The molecule has 0 bridgehead atoms. The molecule has 1 N–H and O–H groups in total. The van der Waals surface area contributed by atoms with Crippen molar-refractivity contribution in [2.24, 2.45) is 0 Å². The van der Waals surface area contributed by atoms with Crippen LogP contribution in [0.15, 0.2) is 24.3 Å². The first-order valence-electron chi connectivity index (χ1n) is 5.00. The zero-order valence-corrected chi connectivity index (χ0v) is 9.22. The number of nitrogens with zero attached hydrogens (tertiary/aromatic N) is 2. The summed E-state index contributed by atoms with van der Waals surface area (Å²) in [5.74, 6) is -6.30. The van der Waals surface area contributed by atoms with Gasteiger partial charge < -0.3 is 5.32 Å². The molecule has 1 aromatic carbocycles. The standard InChI is InChI=1S/C12H5F4N3/c13-7-4-8(14)11(16)12(10(7)15)19-9-3-1-2-6(5-17)18-9/h1-4H,(H,18,19). The first-order chi connectivity index (χ1) is 9.02. The second kappa shape index (κ2) is 4.94. The van der Waals surface area contributed by atoms with Crippen molar-refractivity contribution in [2.75, 3.05) is 5.32 Å². The summed E-state index contributed by atoms with van der Waals surface area (Å²) >= 11 is 0. The van der Waals surface area contributed by atoms with Crippen LogP contribution in [0.4, 0.5) is 29.1 Å². The summed E-state index contributed by atoms with van der Waals surface area (Å²) in [6, 6.07) is 5.89. The van der Waals surface area contributed by atoms with Crippen LogP contribution in [0, 0.1) is 34.6 Å². The van der Waals surface area contributed by atoms with Crippen LogP contribution in [-0.2, 0) is 0 Å². The molecule has 0 aliphatic rings. The SMILES string of the molecule is N#Cc1cccc(Nc2c(F)c(F)cc(F)c2F)n1. The van der Waals surface area contributed by atoms with Crippen LogP contribution in [0.1, 0.15) is 5.69 Å². The van der Waals surface area contributed by atoms with E-state index in [0.717, 1.165) is 0 Å². The second-order valence-electron chi connectivity index (χ2n) is 3.49. The Morgan fingerprint density at radius 1 is 1.05 bits per heavy atom. The van der Waals surface area contributed by atoms with E-state index in [1.807, 2.05) is 0 Å². The highest BCUT2D eigenvalue weighted by Gasteiger charge is 2.19. The summed E-state index contributed by atoms with van der Waals surface area (Å²) in [4.78, 5) is 3.68. The fourth-order valence-electron chi connectivity index (χ4n) is 1.38. The van der Waals surface area contributed by atoms with E-state index in [0.29, 0.717) is 0 Å². The minimum absolute atomic E-state index is 0.0114. The van der Waals surface area contributed by atoms with E-state index in [4.69, 9.17) is 5.26 Å². The zero-order chi connectivity index (χ0) is 14.0. The van der Waals surface area contributed by atoms with Gasteiger partial charge in [0.2, 0.25) is 0 Å². The Morgan fingerprint density at radius 3 is 2.26 bits per heavy atom. The maximum atomic E-state index is 13.4. The van der Waals surface area contributed by atoms with E-state index in [1.165, 1.54) is 18.2 Å². The van der Waals surface area contributed by atoms with Crippen LogP contribution in [-0.4, -0.2) is 4.98 Å². The molecular weight excluding hydrogens is 262 g/mol. The van der Waals surface area contributed by atoms with Crippen LogP contribution >= 0.6 is 0 Å². The average Bonchev–Trinajstić information content (AvgIpc) is 2.41. The summed E-state index contributed by atoms with van der Waals surface area (Å²) in [5.41, 5.74) is -1.01. The highest BCUT2D eigenvalue weighted by molar-refractivity contribution is 5.58. The Labute approximate surface area is 105 Å². The van der Waals surface area contributed by atoms with Gasteiger partial charge in [-0.1, -0.05) is 6.07 Å². The molecule has 0 unspecified atom stereocenters. The molecule has 2 rings (SSSR count). The number of hydrogen-bond donors (Lipinski definition) is 1. The summed E-state index contributed by atoms with van der Waals surface area (Å²) in [7, 11) is 0. The quantitative estimate of drug-likeness (QED) is 0.671. The molecule has 0 amide bonds. The third kappa shape index (κ3) is 2.47. The van der Waals surface area contributed by atoms with E-state index in [2.05, 4.69) is 10.3 Å². The number of anilines is 2. The lowest BCUT2D eigenvalue weighted by atomic mass is 10.2. The molecule has 96 valence electrons. The number of benzene rings is 1. The van der Waals surface area contributed by atoms with Crippen molar-refractivity contribution < 1.29 is 17.6 Å². The van der Waals surface area contributed by atoms with Gasteiger partial charge in [-0.2, -0.15) is 5.26 Å². The van der Waals surface area contributed by atoms with Gasteiger partial charge in [-0.3, -0.25) is 0 Å². The number of hydrogen-bond acceptors (Lipinski definition) is 3. The second-order valence-corrected chi connectivity index (χ2v) is 3.49. The van der Waals surface area contributed by atoms with Gasteiger partial charge in [0.1, 0.15) is 23.3 Å². The van der Waals surface area contributed by atoms with Gasteiger partial charge in [-0.25, -0.2) is 22.5 Å². The molecular formula is C12H5F4N3. The van der Waals surface area contributed by atoms with Crippen molar-refractivity contribution in [1.82, 2.24) is 4.98 Å². The van der Waals surface area contributed by atoms with Crippen molar-refractivity contribution in [3.8, 4) is 6.07 Å². The first kappa shape index (κ1) is 12.8. The van der Waals surface area contributed by atoms with Gasteiger partial charge in [0, 0.05) is 6.07 Å². The number of nitriles is 1. The van der Waals surface area contributed by atoms with E-state index in [1.54, 1.807) is 6.07 Å². The lowest BCUT2D eigenvalue weighted by Crippen LogP contribution is -2.04. The molecule has 0 atom stereocenters. The van der Waals surface area contributed by atoms with Gasteiger partial charge in [0.15, 0.2) is 23.3 Å². The Morgan fingerprint density at radius 2 is 1.68 bits per heavy atom. The molecule has 19 heavy (non-hydrogen) atoms. The van der Waals surface area contributed by atoms with Gasteiger partial charge in [0.25, 0.3) is 0 Å².